The lowest BCUT2D eigenvalue weighted by Crippen LogP contribution is -2.35. The zero-order valence-corrected chi connectivity index (χ0v) is 17.6. The number of hydrogen-bond donors (Lipinski definition) is 4. The first-order valence-corrected chi connectivity index (χ1v) is 10.3. The molecule has 1 atom stereocenters. The highest BCUT2D eigenvalue weighted by molar-refractivity contribution is 7.71. The lowest BCUT2D eigenvalue weighted by molar-refractivity contribution is 0.412. The molecular weight excluding hydrogens is 396 g/mol. The maximum absolute atomic E-state index is 13.0. The average Bonchev–Trinajstić information content (AvgIpc) is 3.06. The first-order chi connectivity index (χ1) is 14.4. The summed E-state index contributed by atoms with van der Waals surface area (Å²) in [7, 11) is 0. The fraction of sp³-hybridized carbons (Fsp3) is 0.217. The summed E-state index contributed by atoms with van der Waals surface area (Å²) in [6.45, 7) is 4.68. The van der Waals surface area contributed by atoms with Crippen LogP contribution in [0.1, 0.15) is 34.0 Å². The normalized spacial score (nSPS) is 16.0. The van der Waals surface area contributed by atoms with Crippen molar-refractivity contribution in [2.45, 2.75) is 26.3 Å². The molecule has 7 heteroatoms. The lowest BCUT2D eigenvalue weighted by Gasteiger charge is -2.25. The number of benzene rings is 2. The van der Waals surface area contributed by atoms with Crippen LogP contribution >= 0.6 is 12.2 Å². The fourth-order valence-corrected chi connectivity index (χ4v) is 4.83. The van der Waals surface area contributed by atoms with Gasteiger partial charge >= 0.3 is 0 Å². The van der Waals surface area contributed by atoms with Gasteiger partial charge in [-0.3, -0.25) is 14.3 Å². The molecule has 1 aliphatic rings. The average molecular weight is 419 g/mol. The summed E-state index contributed by atoms with van der Waals surface area (Å²) >= 11 is 5.41. The van der Waals surface area contributed by atoms with Crippen LogP contribution in [-0.2, 0) is 6.42 Å². The van der Waals surface area contributed by atoms with E-state index in [1.54, 1.807) is 0 Å². The van der Waals surface area contributed by atoms with E-state index in [1.165, 1.54) is 10.1 Å². The summed E-state index contributed by atoms with van der Waals surface area (Å²) in [6.07, 6.45) is 0.852. The molecule has 4 N–H and O–H groups in total. The molecule has 3 heterocycles. The number of aromatic amines is 2. The Balaban J connectivity index is 1.76. The molecule has 6 nitrogen and oxygen atoms in total. The van der Waals surface area contributed by atoms with Crippen LogP contribution in [0.4, 0.5) is 0 Å². The van der Waals surface area contributed by atoms with E-state index in [0.717, 1.165) is 39.8 Å². The summed E-state index contributed by atoms with van der Waals surface area (Å²) in [4.78, 5) is 19.2. The molecule has 2 aromatic carbocycles. The van der Waals surface area contributed by atoms with E-state index in [0.29, 0.717) is 6.54 Å². The number of para-hydroxylation sites is 1. The van der Waals surface area contributed by atoms with Crippen LogP contribution < -0.4 is 10.9 Å². The third-order valence-electron chi connectivity index (χ3n) is 5.73. The van der Waals surface area contributed by atoms with Gasteiger partial charge in [-0.05, 0) is 67.4 Å². The predicted octanol–water partition coefficient (Wildman–Crippen LogP) is 3.93. The van der Waals surface area contributed by atoms with Crippen LogP contribution in [0.5, 0.6) is 5.88 Å². The van der Waals surface area contributed by atoms with E-state index in [9.17, 15) is 9.90 Å². The molecule has 1 unspecified atom stereocenters. The van der Waals surface area contributed by atoms with Crippen LogP contribution in [0.3, 0.4) is 0 Å². The number of fused-ring (bicyclic) bond motifs is 3. The van der Waals surface area contributed by atoms with Gasteiger partial charge < -0.3 is 15.4 Å². The van der Waals surface area contributed by atoms with Gasteiger partial charge in [0.05, 0.1) is 11.7 Å². The Kier molecular flexibility index (Phi) is 4.38. The molecule has 30 heavy (non-hydrogen) atoms. The second-order valence-electron chi connectivity index (χ2n) is 7.88. The number of rotatable bonds is 2. The molecule has 0 saturated heterocycles. The fourth-order valence-electron chi connectivity index (χ4n) is 4.54. The number of hydrogen-bond acceptors (Lipinski definition) is 4. The first kappa shape index (κ1) is 18.8. The van der Waals surface area contributed by atoms with Crippen molar-refractivity contribution in [1.29, 1.82) is 0 Å². The van der Waals surface area contributed by atoms with Gasteiger partial charge in [0.25, 0.3) is 5.56 Å². The smallest absolute Gasteiger partial charge is 0.260 e. The van der Waals surface area contributed by atoms with Crippen LogP contribution in [0.2, 0.25) is 0 Å². The highest BCUT2D eigenvalue weighted by Gasteiger charge is 2.30. The minimum absolute atomic E-state index is 0.141. The standard InChI is InChI=1S/C23H22N4O2S/c1-12-9-13(2)11-14(10-12)27-22(29)18(21(28)26-23(27)30)20-19-16(7-8-24-20)15-5-3-4-6-17(15)25-19/h3-6,9-11,20,24-25,29H,7-8H2,1-2H3,(H,26,28,30). The summed E-state index contributed by atoms with van der Waals surface area (Å²) in [6, 6.07) is 13.6. The molecular formula is C23H22N4O2S. The van der Waals surface area contributed by atoms with Crippen molar-refractivity contribution < 1.29 is 5.11 Å². The predicted molar refractivity (Wildman–Crippen MR) is 120 cm³/mol. The molecule has 0 spiro atoms. The van der Waals surface area contributed by atoms with E-state index in [1.807, 2.05) is 44.2 Å². The zero-order chi connectivity index (χ0) is 21.0. The van der Waals surface area contributed by atoms with Crippen molar-refractivity contribution in [1.82, 2.24) is 19.9 Å². The molecule has 4 aromatic rings. The van der Waals surface area contributed by atoms with Crippen molar-refractivity contribution in [2.24, 2.45) is 0 Å². The van der Waals surface area contributed by atoms with Gasteiger partial charge in [-0.25, -0.2) is 0 Å². The quantitative estimate of drug-likeness (QED) is 0.372. The van der Waals surface area contributed by atoms with Crippen LogP contribution in [0.15, 0.2) is 47.3 Å². The molecule has 0 amide bonds. The molecule has 152 valence electrons. The van der Waals surface area contributed by atoms with Gasteiger partial charge in [0.2, 0.25) is 5.88 Å². The third-order valence-corrected chi connectivity index (χ3v) is 6.02. The molecule has 2 aromatic heterocycles. The monoisotopic (exact) mass is 418 g/mol. The van der Waals surface area contributed by atoms with Gasteiger partial charge in [0, 0.05) is 23.1 Å². The van der Waals surface area contributed by atoms with Crippen LogP contribution in [-0.4, -0.2) is 26.2 Å². The van der Waals surface area contributed by atoms with Crippen molar-refractivity contribution in [2.75, 3.05) is 6.54 Å². The van der Waals surface area contributed by atoms with Gasteiger partial charge in [0.1, 0.15) is 5.56 Å². The Morgan fingerprint density at radius 2 is 1.83 bits per heavy atom. The van der Waals surface area contributed by atoms with Gasteiger partial charge in [-0.15, -0.1) is 0 Å². The van der Waals surface area contributed by atoms with Crippen LogP contribution in [0, 0.1) is 18.6 Å². The van der Waals surface area contributed by atoms with Crippen molar-refractivity contribution >= 4 is 23.1 Å². The lowest BCUT2D eigenvalue weighted by atomic mass is 9.95. The van der Waals surface area contributed by atoms with E-state index in [-0.39, 0.29) is 21.8 Å². The van der Waals surface area contributed by atoms with E-state index < -0.39 is 6.04 Å². The Bertz CT molecular complexity index is 1390. The molecule has 0 aliphatic carbocycles. The summed E-state index contributed by atoms with van der Waals surface area (Å²) in [5.41, 5.74) is 5.80. The number of nitrogens with one attached hydrogen (secondary N) is 3. The number of aryl methyl sites for hydroxylation is 2. The maximum Gasteiger partial charge on any atom is 0.260 e. The zero-order valence-electron chi connectivity index (χ0n) is 16.7. The number of nitrogens with zero attached hydrogens (tertiary/aromatic N) is 1. The Hall–Kier alpha value is -3.16. The van der Waals surface area contributed by atoms with Crippen molar-refractivity contribution in [3.63, 3.8) is 0 Å². The molecule has 1 aliphatic heterocycles. The van der Waals surface area contributed by atoms with Crippen LogP contribution in [0.25, 0.3) is 16.6 Å². The minimum Gasteiger partial charge on any atom is -0.494 e. The molecule has 0 fully saturated rings. The van der Waals surface area contributed by atoms with E-state index in [4.69, 9.17) is 12.2 Å². The number of aromatic hydroxyl groups is 1. The van der Waals surface area contributed by atoms with Crippen molar-refractivity contribution in [3.05, 3.63) is 85.5 Å². The molecule has 0 saturated carbocycles. The highest BCUT2D eigenvalue weighted by Crippen LogP contribution is 2.35. The van der Waals surface area contributed by atoms with Crippen molar-refractivity contribution in [3.8, 4) is 11.6 Å². The first-order valence-electron chi connectivity index (χ1n) is 9.94. The topological polar surface area (TPSA) is 85.8 Å². The third kappa shape index (κ3) is 2.89. The highest BCUT2D eigenvalue weighted by atomic mass is 32.1. The van der Waals surface area contributed by atoms with E-state index in [2.05, 4.69) is 27.4 Å². The van der Waals surface area contributed by atoms with Gasteiger partial charge in [-0.2, -0.15) is 0 Å². The summed E-state index contributed by atoms with van der Waals surface area (Å²) in [5, 5.41) is 15.8. The Morgan fingerprint density at radius 3 is 2.60 bits per heavy atom. The van der Waals surface area contributed by atoms with E-state index >= 15 is 0 Å². The van der Waals surface area contributed by atoms with Gasteiger partial charge in [0.15, 0.2) is 4.77 Å². The largest absolute Gasteiger partial charge is 0.494 e. The summed E-state index contributed by atoms with van der Waals surface area (Å²) in [5.74, 6) is -0.141. The SMILES string of the molecule is Cc1cc(C)cc(-n2c(O)c(C3NCCc4c3[nH]c3ccccc43)c(=O)[nH]c2=S)c1. The Labute approximate surface area is 178 Å². The Morgan fingerprint density at radius 1 is 1.10 bits per heavy atom. The molecule has 0 radical (unpaired) electrons. The molecule has 0 bridgehead atoms. The second kappa shape index (κ2) is 6.97. The molecule has 5 rings (SSSR count). The van der Waals surface area contributed by atoms with Gasteiger partial charge in [-0.1, -0.05) is 24.3 Å². The number of aromatic nitrogens is 3. The number of H-pyrrole nitrogens is 2. The maximum atomic E-state index is 13.0. The second-order valence-corrected chi connectivity index (χ2v) is 8.26. The minimum atomic E-state index is -0.461. The summed E-state index contributed by atoms with van der Waals surface area (Å²) < 4.78 is 1.70.